The van der Waals surface area contributed by atoms with E-state index in [2.05, 4.69) is 15.6 Å². The first-order valence-corrected chi connectivity index (χ1v) is 8.43. The van der Waals surface area contributed by atoms with E-state index in [-0.39, 0.29) is 11.8 Å². The Balaban J connectivity index is 2.03. The summed E-state index contributed by atoms with van der Waals surface area (Å²) in [5.41, 5.74) is 6.87. The number of aromatic nitrogens is 1. The van der Waals surface area contributed by atoms with Crippen molar-refractivity contribution in [3.8, 4) is 0 Å². The minimum atomic E-state index is -0.658. The number of hydrogen-bond acceptors (Lipinski definition) is 4. The zero-order chi connectivity index (χ0) is 17.9. The standard InChI is InChI=1S/C19H24N4O2/c20-10-4-5-12-22-19(25)17(13-15-7-6-11-21-14-15)23-18(24)16-8-2-1-3-9-16/h1-3,6-9,11,14,17H,4-5,10,12-13,20H2,(H,22,25)(H,23,24). The first-order chi connectivity index (χ1) is 12.2. The van der Waals surface area contributed by atoms with Crippen LogP contribution in [0, 0.1) is 0 Å². The first-order valence-electron chi connectivity index (χ1n) is 8.43. The van der Waals surface area contributed by atoms with Crippen LogP contribution >= 0.6 is 0 Å². The maximum Gasteiger partial charge on any atom is 0.251 e. The number of nitrogens with two attached hydrogens (primary N) is 1. The van der Waals surface area contributed by atoms with E-state index in [0.29, 0.717) is 25.1 Å². The van der Waals surface area contributed by atoms with Crippen molar-refractivity contribution in [3.63, 3.8) is 0 Å². The molecule has 1 aromatic heterocycles. The van der Waals surface area contributed by atoms with Crippen molar-refractivity contribution in [2.75, 3.05) is 13.1 Å². The summed E-state index contributed by atoms with van der Waals surface area (Å²) in [7, 11) is 0. The summed E-state index contributed by atoms with van der Waals surface area (Å²) in [6, 6.07) is 11.9. The fourth-order valence-electron chi connectivity index (χ4n) is 2.40. The van der Waals surface area contributed by atoms with Crippen LogP contribution in [-0.2, 0) is 11.2 Å². The monoisotopic (exact) mass is 340 g/mol. The van der Waals surface area contributed by atoms with E-state index in [1.54, 1.807) is 36.7 Å². The van der Waals surface area contributed by atoms with Gasteiger partial charge >= 0.3 is 0 Å². The van der Waals surface area contributed by atoms with Gasteiger partial charge < -0.3 is 16.4 Å². The lowest BCUT2D eigenvalue weighted by molar-refractivity contribution is -0.122. The number of nitrogens with zero attached hydrogens (tertiary/aromatic N) is 1. The van der Waals surface area contributed by atoms with Gasteiger partial charge in [0.05, 0.1) is 0 Å². The Morgan fingerprint density at radius 1 is 1.08 bits per heavy atom. The molecule has 0 saturated carbocycles. The molecule has 4 N–H and O–H groups in total. The van der Waals surface area contributed by atoms with Gasteiger partial charge in [-0.15, -0.1) is 0 Å². The predicted molar refractivity (Wildman–Crippen MR) is 96.9 cm³/mol. The zero-order valence-electron chi connectivity index (χ0n) is 14.2. The Hall–Kier alpha value is -2.73. The molecule has 0 fully saturated rings. The van der Waals surface area contributed by atoms with Crippen LogP contribution in [0.5, 0.6) is 0 Å². The van der Waals surface area contributed by atoms with Gasteiger partial charge in [-0.25, -0.2) is 0 Å². The first kappa shape index (κ1) is 18.6. The summed E-state index contributed by atoms with van der Waals surface area (Å²) in [6.45, 7) is 1.14. The fraction of sp³-hybridized carbons (Fsp3) is 0.316. The average Bonchev–Trinajstić information content (AvgIpc) is 2.66. The summed E-state index contributed by atoms with van der Waals surface area (Å²) < 4.78 is 0. The topological polar surface area (TPSA) is 97.1 Å². The molecule has 6 heteroatoms. The summed E-state index contributed by atoms with van der Waals surface area (Å²) in [5.74, 6) is -0.475. The Bertz CT molecular complexity index is 662. The highest BCUT2D eigenvalue weighted by molar-refractivity contribution is 5.97. The third-order valence-corrected chi connectivity index (χ3v) is 3.75. The third kappa shape index (κ3) is 6.35. The van der Waals surface area contributed by atoms with Gasteiger partial charge in [0.1, 0.15) is 6.04 Å². The number of rotatable bonds is 9. The Labute approximate surface area is 147 Å². The zero-order valence-corrected chi connectivity index (χ0v) is 14.2. The van der Waals surface area contributed by atoms with Crippen LogP contribution in [0.25, 0.3) is 0 Å². The Morgan fingerprint density at radius 2 is 1.88 bits per heavy atom. The van der Waals surface area contributed by atoms with Crippen molar-refractivity contribution in [2.45, 2.75) is 25.3 Å². The molecule has 0 aliphatic carbocycles. The molecule has 132 valence electrons. The van der Waals surface area contributed by atoms with Gasteiger partial charge in [-0.05, 0) is 43.1 Å². The van der Waals surface area contributed by atoms with Crippen LogP contribution in [0.2, 0.25) is 0 Å². The van der Waals surface area contributed by atoms with Crippen LogP contribution in [0.4, 0.5) is 0 Å². The lowest BCUT2D eigenvalue weighted by Crippen LogP contribution is -2.48. The molecule has 2 rings (SSSR count). The van der Waals surface area contributed by atoms with Crippen molar-refractivity contribution < 1.29 is 9.59 Å². The highest BCUT2D eigenvalue weighted by atomic mass is 16.2. The molecule has 0 radical (unpaired) electrons. The molecule has 2 aromatic rings. The van der Waals surface area contributed by atoms with E-state index in [0.717, 1.165) is 18.4 Å². The molecule has 2 amide bonds. The second-order valence-corrected chi connectivity index (χ2v) is 5.74. The largest absolute Gasteiger partial charge is 0.354 e. The number of carbonyl (C=O) groups excluding carboxylic acids is 2. The van der Waals surface area contributed by atoms with Gasteiger partial charge in [0.2, 0.25) is 5.91 Å². The molecule has 25 heavy (non-hydrogen) atoms. The van der Waals surface area contributed by atoms with Gasteiger partial charge in [0.15, 0.2) is 0 Å². The highest BCUT2D eigenvalue weighted by Gasteiger charge is 2.21. The van der Waals surface area contributed by atoms with Gasteiger partial charge in [-0.3, -0.25) is 14.6 Å². The molecule has 0 aliphatic rings. The van der Waals surface area contributed by atoms with E-state index in [9.17, 15) is 9.59 Å². The van der Waals surface area contributed by atoms with Crippen LogP contribution in [-0.4, -0.2) is 35.9 Å². The number of carbonyl (C=O) groups is 2. The SMILES string of the molecule is NCCCCNC(=O)C(Cc1cccnc1)NC(=O)c1ccccc1. The molecule has 1 unspecified atom stereocenters. The van der Waals surface area contributed by atoms with Crippen molar-refractivity contribution in [1.82, 2.24) is 15.6 Å². The number of pyridine rings is 1. The fourth-order valence-corrected chi connectivity index (χ4v) is 2.40. The van der Waals surface area contributed by atoms with Crippen LogP contribution in [0.1, 0.15) is 28.8 Å². The van der Waals surface area contributed by atoms with Gasteiger partial charge in [-0.2, -0.15) is 0 Å². The van der Waals surface area contributed by atoms with E-state index in [1.165, 1.54) is 0 Å². The van der Waals surface area contributed by atoms with Crippen molar-refractivity contribution in [3.05, 3.63) is 66.0 Å². The predicted octanol–water partition coefficient (Wildman–Crippen LogP) is 1.28. The van der Waals surface area contributed by atoms with Crippen LogP contribution < -0.4 is 16.4 Å². The van der Waals surface area contributed by atoms with E-state index in [4.69, 9.17) is 5.73 Å². The Kier molecular flexibility index (Phi) is 7.59. The lowest BCUT2D eigenvalue weighted by atomic mass is 10.1. The average molecular weight is 340 g/mol. The summed E-state index contributed by atoms with van der Waals surface area (Å²) in [6.07, 6.45) is 5.42. The molecular formula is C19H24N4O2. The number of nitrogens with one attached hydrogen (secondary N) is 2. The van der Waals surface area contributed by atoms with Gasteiger partial charge in [-0.1, -0.05) is 24.3 Å². The summed E-state index contributed by atoms with van der Waals surface area (Å²) >= 11 is 0. The molecule has 0 bridgehead atoms. The number of unbranched alkanes of at least 4 members (excludes halogenated alkanes) is 1. The van der Waals surface area contributed by atoms with E-state index >= 15 is 0 Å². The summed E-state index contributed by atoms with van der Waals surface area (Å²) in [5, 5.41) is 5.68. The molecule has 0 aliphatic heterocycles. The second kappa shape index (κ2) is 10.2. The number of hydrogen-bond donors (Lipinski definition) is 3. The van der Waals surface area contributed by atoms with Crippen LogP contribution in [0.3, 0.4) is 0 Å². The maximum atomic E-state index is 12.5. The third-order valence-electron chi connectivity index (χ3n) is 3.75. The van der Waals surface area contributed by atoms with E-state index in [1.807, 2.05) is 18.2 Å². The van der Waals surface area contributed by atoms with E-state index < -0.39 is 6.04 Å². The number of benzene rings is 1. The second-order valence-electron chi connectivity index (χ2n) is 5.74. The van der Waals surface area contributed by atoms with Crippen molar-refractivity contribution in [1.29, 1.82) is 0 Å². The molecule has 1 atom stereocenters. The molecule has 0 spiro atoms. The van der Waals surface area contributed by atoms with Gasteiger partial charge in [0, 0.05) is 30.9 Å². The molecule has 1 heterocycles. The molecule has 1 aromatic carbocycles. The molecule has 6 nitrogen and oxygen atoms in total. The minimum absolute atomic E-state index is 0.204. The smallest absolute Gasteiger partial charge is 0.251 e. The van der Waals surface area contributed by atoms with Crippen LogP contribution in [0.15, 0.2) is 54.9 Å². The van der Waals surface area contributed by atoms with Gasteiger partial charge in [0.25, 0.3) is 5.91 Å². The Morgan fingerprint density at radius 3 is 2.56 bits per heavy atom. The molecule has 0 saturated heterocycles. The number of amides is 2. The highest BCUT2D eigenvalue weighted by Crippen LogP contribution is 2.05. The minimum Gasteiger partial charge on any atom is -0.354 e. The van der Waals surface area contributed by atoms with Crippen molar-refractivity contribution >= 4 is 11.8 Å². The quantitative estimate of drug-likeness (QED) is 0.599. The maximum absolute atomic E-state index is 12.5. The lowest BCUT2D eigenvalue weighted by Gasteiger charge is -2.18. The molecular weight excluding hydrogens is 316 g/mol. The van der Waals surface area contributed by atoms with Crippen molar-refractivity contribution in [2.24, 2.45) is 5.73 Å². The summed E-state index contributed by atoms with van der Waals surface area (Å²) in [4.78, 5) is 29.0. The normalized spacial score (nSPS) is 11.6.